The molecule has 0 radical (unpaired) electrons. The molecule has 2 rings (SSSR count). The van der Waals surface area contributed by atoms with Crippen molar-refractivity contribution in [1.29, 1.82) is 0 Å². The lowest BCUT2D eigenvalue weighted by atomic mass is 9.87. The van der Waals surface area contributed by atoms with Crippen LogP contribution in [0.5, 0.6) is 0 Å². The minimum Gasteiger partial charge on any atom is -0.381 e. The average molecular weight is 327 g/mol. The van der Waals surface area contributed by atoms with Gasteiger partial charge in [-0.15, -0.1) is 0 Å². The average Bonchev–Trinajstić information content (AvgIpc) is 2.37. The third-order valence-corrected chi connectivity index (χ3v) is 5.45. The first-order valence-corrected chi connectivity index (χ1v) is 8.67. The fraction of sp³-hybridized carbons (Fsp3) is 0.562. The number of benzene rings is 1. The Morgan fingerprint density at radius 1 is 1.43 bits per heavy atom. The highest BCUT2D eigenvalue weighted by molar-refractivity contribution is 7.99. The van der Waals surface area contributed by atoms with Gasteiger partial charge in [0.25, 0.3) is 5.91 Å². The van der Waals surface area contributed by atoms with Crippen molar-refractivity contribution in [1.82, 2.24) is 4.90 Å². The molecule has 0 aliphatic carbocycles. The normalized spacial score (nSPS) is 20.9. The maximum Gasteiger partial charge on any atom is 0.255 e. The van der Waals surface area contributed by atoms with E-state index in [1.807, 2.05) is 17.8 Å². The fourth-order valence-corrected chi connectivity index (χ4v) is 4.08. The van der Waals surface area contributed by atoms with Crippen molar-refractivity contribution in [3.8, 4) is 0 Å². The fourth-order valence-electron chi connectivity index (χ4n) is 2.64. The van der Waals surface area contributed by atoms with Crippen LogP contribution in [0.4, 0.5) is 5.69 Å². The van der Waals surface area contributed by atoms with Crippen molar-refractivity contribution in [2.45, 2.75) is 26.3 Å². The van der Waals surface area contributed by atoms with Gasteiger partial charge in [-0.05, 0) is 35.8 Å². The number of carbonyl (C=O) groups is 1. The highest BCUT2D eigenvalue weighted by atomic mass is 35.5. The molecule has 0 spiro atoms. The number of hydrogen-bond acceptors (Lipinski definition) is 3. The molecule has 1 aliphatic heterocycles. The molecule has 116 valence electrons. The number of amides is 1. The van der Waals surface area contributed by atoms with Gasteiger partial charge in [0.2, 0.25) is 0 Å². The summed E-state index contributed by atoms with van der Waals surface area (Å²) in [6.45, 7) is 4.58. The zero-order valence-electron chi connectivity index (χ0n) is 13.1. The monoisotopic (exact) mass is 326 g/mol. The van der Waals surface area contributed by atoms with Crippen molar-refractivity contribution in [2.24, 2.45) is 5.41 Å². The molecule has 5 heteroatoms. The van der Waals surface area contributed by atoms with E-state index in [1.165, 1.54) is 5.75 Å². The van der Waals surface area contributed by atoms with Crippen LogP contribution in [-0.2, 0) is 0 Å². The van der Waals surface area contributed by atoms with Crippen molar-refractivity contribution < 1.29 is 4.79 Å². The first-order chi connectivity index (χ1) is 9.78. The van der Waals surface area contributed by atoms with Gasteiger partial charge < -0.3 is 10.2 Å². The lowest BCUT2D eigenvalue weighted by Crippen LogP contribution is -2.36. The summed E-state index contributed by atoms with van der Waals surface area (Å²) in [5, 5.41) is 4.18. The maximum absolute atomic E-state index is 12.3. The molecular formula is C16H23ClN2OS. The Morgan fingerprint density at radius 2 is 2.14 bits per heavy atom. The molecule has 21 heavy (non-hydrogen) atoms. The molecule has 1 aromatic carbocycles. The predicted octanol–water partition coefficient (Wildman–Crippen LogP) is 3.99. The molecule has 1 amide bonds. The van der Waals surface area contributed by atoms with E-state index in [1.54, 1.807) is 31.1 Å². The smallest absolute Gasteiger partial charge is 0.255 e. The van der Waals surface area contributed by atoms with Crippen molar-refractivity contribution >= 4 is 35.0 Å². The zero-order valence-corrected chi connectivity index (χ0v) is 14.6. The van der Waals surface area contributed by atoms with Gasteiger partial charge in [0.1, 0.15) is 0 Å². The Labute approximate surface area is 136 Å². The Morgan fingerprint density at radius 3 is 2.76 bits per heavy atom. The van der Waals surface area contributed by atoms with E-state index in [0.29, 0.717) is 22.0 Å². The van der Waals surface area contributed by atoms with Crippen LogP contribution < -0.4 is 5.32 Å². The number of carbonyl (C=O) groups excluding carboxylic acids is 1. The molecule has 1 N–H and O–H groups in total. The summed E-state index contributed by atoms with van der Waals surface area (Å²) in [5.41, 5.74) is 1.84. The molecule has 1 fully saturated rings. The Bertz CT molecular complexity index is 531. The van der Waals surface area contributed by atoms with E-state index >= 15 is 0 Å². The second-order valence-electron chi connectivity index (χ2n) is 6.61. The van der Waals surface area contributed by atoms with E-state index in [2.05, 4.69) is 19.2 Å². The van der Waals surface area contributed by atoms with Crippen LogP contribution in [0.3, 0.4) is 0 Å². The van der Waals surface area contributed by atoms with Crippen molar-refractivity contribution in [3.63, 3.8) is 0 Å². The summed E-state index contributed by atoms with van der Waals surface area (Å²) in [5.74, 6) is 2.24. The molecular weight excluding hydrogens is 304 g/mol. The Balaban J connectivity index is 2.22. The SMILES string of the molecule is CN(C)C(=O)c1ccc(Cl)cc1NC1CSCC(C)(C)C1. The van der Waals surface area contributed by atoms with Crippen LogP contribution in [0.2, 0.25) is 5.02 Å². The van der Waals surface area contributed by atoms with Crippen LogP contribution >= 0.6 is 23.4 Å². The third kappa shape index (κ3) is 4.30. The second-order valence-corrected chi connectivity index (χ2v) is 8.08. The van der Waals surface area contributed by atoms with Gasteiger partial charge in [0.05, 0.1) is 5.56 Å². The van der Waals surface area contributed by atoms with Crippen LogP contribution in [0.15, 0.2) is 18.2 Å². The predicted molar refractivity (Wildman–Crippen MR) is 92.6 cm³/mol. The van der Waals surface area contributed by atoms with Gasteiger partial charge in [-0.3, -0.25) is 4.79 Å². The summed E-state index contributed by atoms with van der Waals surface area (Å²) in [6, 6.07) is 5.78. The molecule has 1 saturated heterocycles. The minimum atomic E-state index is -0.00288. The molecule has 1 heterocycles. The van der Waals surface area contributed by atoms with Gasteiger partial charge in [-0.1, -0.05) is 25.4 Å². The first-order valence-electron chi connectivity index (χ1n) is 7.14. The summed E-state index contributed by atoms with van der Waals surface area (Å²) < 4.78 is 0. The highest BCUT2D eigenvalue weighted by Gasteiger charge is 2.29. The van der Waals surface area contributed by atoms with E-state index in [4.69, 9.17) is 11.6 Å². The van der Waals surface area contributed by atoms with Gasteiger partial charge in [0.15, 0.2) is 0 Å². The summed E-state index contributed by atoms with van der Waals surface area (Å²) in [7, 11) is 3.53. The third-order valence-electron chi connectivity index (χ3n) is 3.59. The van der Waals surface area contributed by atoms with Crippen LogP contribution in [0.1, 0.15) is 30.6 Å². The largest absolute Gasteiger partial charge is 0.381 e. The van der Waals surface area contributed by atoms with Gasteiger partial charge in [0, 0.05) is 36.6 Å². The molecule has 0 aromatic heterocycles. The lowest BCUT2D eigenvalue weighted by Gasteiger charge is -2.36. The van der Waals surface area contributed by atoms with Crippen LogP contribution in [0.25, 0.3) is 0 Å². The first kappa shape index (κ1) is 16.5. The second kappa shape index (κ2) is 6.49. The number of nitrogens with one attached hydrogen (secondary N) is 1. The standard InChI is InChI=1S/C16H23ClN2OS/c1-16(2)8-12(9-21-10-16)18-14-7-11(17)5-6-13(14)15(20)19(3)4/h5-7,12,18H,8-10H2,1-4H3. The maximum atomic E-state index is 12.3. The van der Waals surface area contributed by atoms with Crippen LogP contribution in [-0.4, -0.2) is 42.4 Å². The number of nitrogens with zero attached hydrogens (tertiary/aromatic N) is 1. The molecule has 1 unspecified atom stereocenters. The Kier molecular flexibility index (Phi) is 5.10. The van der Waals surface area contributed by atoms with E-state index in [9.17, 15) is 4.79 Å². The molecule has 1 aromatic rings. The van der Waals surface area contributed by atoms with Crippen molar-refractivity contribution in [3.05, 3.63) is 28.8 Å². The number of anilines is 1. The summed E-state index contributed by atoms with van der Waals surface area (Å²) in [6.07, 6.45) is 1.10. The Hall–Kier alpha value is -0.870. The van der Waals surface area contributed by atoms with Gasteiger partial charge >= 0.3 is 0 Å². The number of rotatable bonds is 3. The van der Waals surface area contributed by atoms with Gasteiger partial charge in [-0.2, -0.15) is 11.8 Å². The number of thioether (sulfide) groups is 1. The minimum absolute atomic E-state index is 0.00288. The summed E-state index contributed by atoms with van der Waals surface area (Å²) in [4.78, 5) is 13.9. The molecule has 0 saturated carbocycles. The highest BCUT2D eigenvalue weighted by Crippen LogP contribution is 2.35. The summed E-state index contributed by atoms with van der Waals surface area (Å²) >= 11 is 8.07. The zero-order chi connectivity index (χ0) is 15.6. The molecule has 3 nitrogen and oxygen atoms in total. The van der Waals surface area contributed by atoms with Crippen LogP contribution in [0, 0.1) is 5.41 Å². The lowest BCUT2D eigenvalue weighted by molar-refractivity contribution is 0.0828. The van der Waals surface area contributed by atoms with Gasteiger partial charge in [-0.25, -0.2) is 0 Å². The molecule has 0 bridgehead atoms. The quantitative estimate of drug-likeness (QED) is 0.911. The van der Waals surface area contributed by atoms with Crippen molar-refractivity contribution in [2.75, 3.05) is 30.9 Å². The molecule has 1 aliphatic rings. The van der Waals surface area contributed by atoms with E-state index in [0.717, 1.165) is 17.9 Å². The van der Waals surface area contributed by atoms with E-state index in [-0.39, 0.29) is 5.91 Å². The topological polar surface area (TPSA) is 32.3 Å². The molecule has 1 atom stereocenters. The number of halogens is 1. The number of hydrogen-bond donors (Lipinski definition) is 1. The van der Waals surface area contributed by atoms with E-state index < -0.39 is 0 Å².